The highest BCUT2D eigenvalue weighted by atomic mass is 16.5. The molecule has 0 saturated carbocycles. The van der Waals surface area contributed by atoms with E-state index in [9.17, 15) is 9.59 Å². The highest BCUT2D eigenvalue weighted by molar-refractivity contribution is 6.02. The van der Waals surface area contributed by atoms with Crippen LogP contribution >= 0.6 is 0 Å². The number of esters is 1. The van der Waals surface area contributed by atoms with Gasteiger partial charge in [-0.2, -0.15) is 0 Å². The van der Waals surface area contributed by atoms with Crippen LogP contribution in [-0.4, -0.2) is 44.8 Å². The van der Waals surface area contributed by atoms with Crippen LogP contribution in [0.25, 0.3) is 0 Å². The first kappa shape index (κ1) is 14.5. The Kier molecular flexibility index (Phi) is 4.70. The van der Waals surface area contributed by atoms with Crippen molar-refractivity contribution in [2.24, 2.45) is 0 Å². The van der Waals surface area contributed by atoms with Crippen LogP contribution in [0.2, 0.25) is 0 Å². The Morgan fingerprint density at radius 1 is 1.45 bits per heavy atom. The second-order valence-electron chi connectivity index (χ2n) is 4.59. The number of anilines is 1. The van der Waals surface area contributed by atoms with Gasteiger partial charge in [-0.05, 0) is 19.1 Å². The third kappa shape index (κ3) is 3.34. The summed E-state index contributed by atoms with van der Waals surface area (Å²) in [7, 11) is 1.31. The van der Waals surface area contributed by atoms with Gasteiger partial charge in [-0.25, -0.2) is 4.79 Å². The Labute approximate surface area is 117 Å². The number of amides is 1. The van der Waals surface area contributed by atoms with Crippen LogP contribution < -0.4 is 10.6 Å². The maximum absolute atomic E-state index is 12.1. The summed E-state index contributed by atoms with van der Waals surface area (Å²) in [6, 6.07) is 5.19. The van der Waals surface area contributed by atoms with Gasteiger partial charge >= 0.3 is 5.97 Å². The van der Waals surface area contributed by atoms with Gasteiger partial charge in [-0.15, -0.1) is 0 Å². The van der Waals surface area contributed by atoms with Crippen molar-refractivity contribution in [2.45, 2.75) is 13.0 Å². The molecule has 0 radical (unpaired) electrons. The van der Waals surface area contributed by atoms with Gasteiger partial charge < -0.3 is 20.1 Å². The van der Waals surface area contributed by atoms with E-state index in [0.29, 0.717) is 24.4 Å². The molecule has 1 unspecified atom stereocenters. The van der Waals surface area contributed by atoms with Crippen molar-refractivity contribution in [3.63, 3.8) is 0 Å². The summed E-state index contributed by atoms with van der Waals surface area (Å²) < 4.78 is 10.1. The van der Waals surface area contributed by atoms with Crippen LogP contribution in [0.1, 0.15) is 15.9 Å². The highest BCUT2D eigenvalue weighted by Gasteiger charge is 2.23. The van der Waals surface area contributed by atoms with Crippen molar-refractivity contribution < 1.29 is 19.1 Å². The topological polar surface area (TPSA) is 76.7 Å². The molecule has 0 aliphatic carbocycles. The van der Waals surface area contributed by atoms with E-state index >= 15 is 0 Å². The SMILES string of the molecule is COC(=O)c1cc(C)ccc1NC(=O)C1CNCCO1. The van der Waals surface area contributed by atoms with Crippen molar-refractivity contribution in [1.82, 2.24) is 5.32 Å². The average molecular weight is 278 g/mol. The number of rotatable bonds is 3. The number of hydrogen-bond donors (Lipinski definition) is 2. The van der Waals surface area contributed by atoms with Crippen molar-refractivity contribution >= 4 is 17.6 Å². The number of aryl methyl sites for hydroxylation is 1. The van der Waals surface area contributed by atoms with Crippen molar-refractivity contribution in [3.8, 4) is 0 Å². The molecule has 0 aromatic heterocycles. The van der Waals surface area contributed by atoms with Crippen LogP contribution in [0.5, 0.6) is 0 Å². The van der Waals surface area contributed by atoms with Crippen LogP contribution in [0, 0.1) is 6.92 Å². The van der Waals surface area contributed by atoms with E-state index < -0.39 is 12.1 Å². The Bertz CT molecular complexity index is 510. The third-order valence-electron chi connectivity index (χ3n) is 3.06. The van der Waals surface area contributed by atoms with Crippen molar-refractivity contribution in [3.05, 3.63) is 29.3 Å². The molecule has 1 saturated heterocycles. The van der Waals surface area contributed by atoms with Gasteiger partial charge in [-0.1, -0.05) is 11.6 Å². The van der Waals surface area contributed by atoms with Gasteiger partial charge in [0.25, 0.3) is 5.91 Å². The molecule has 1 atom stereocenters. The maximum Gasteiger partial charge on any atom is 0.339 e. The summed E-state index contributed by atoms with van der Waals surface area (Å²) >= 11 is 0. The summed E-state index contributed by atoms with van der Waals surface area (Å²) in [6.45, 7) is 3.56. The standard InChI is InChI=1S/C14H18N2O4/c1-9-3-4-11(10(7-9)14(18)19-2)16-13(17)12-8-15-5-6-20-12/h3-4,7,12,15H,5-6,8H2,1-2H3,(H,16,17). The number of methoxy groups -OCH3 is 1. The number of carbonyl (C=O) groups excluding carboxylic acids is 2. The van der Waals surface area contributed by atoms with Gasteiger partial charge in [0.2, 0.25) is 0 Å². The lowest BCUT2D eigenvalue weighted by Crippen LogP contribution is -2.45. The molecule has 108 valence electrons. The predicted molar refractivity (Wildman–Crippen MR) is 73.8 cm³/mol. The smallest absolute Gasteiger partial charge is 0.339 e. The molecule has 1 amide bonds. The largest absolute Gasteiger partial charge is 0.465 e. The minimum absolute atomic E-state index is 0.272. The van der Waals surface area contributed by atoms with Gasteiger partial charge in [0.05, 0.1) is 25.0 Å². The van der Waals surface area contributed by atoms with E-state index in [1.54, 1.807) is 12.1 Å². The van der Waals surface area contributed by atoms with E-state index in [0.717, 1.165) is 12.1 Å². The fraction of sp³-hybridized carbons (Fsp3) is 0.429. The Hall–Kier alpha value is -1.92. The minimum atomic E-state index is -0.546. The van der Waals surface area contributed by atoms with E-state index in [-0.39, 0.29) is 5.91 Å². The van der Waals surface area contributed by atoms with Gasteiger partial charge in [-0.3, -0.25) is 4.79 Å². The van der Waals surface area contributed by atoms with Crippen LogP contribution in [-0.2, 0) is 14.3 Å². The Morgan fingerprint density at radius 2 is 2.25 bits per heavy atom. The second-order valence-corrected chi connectivity index (χ2v) is 4.59. The molecule has 1 aromatic rings. The molecule has 0 bridgehead atoms. The zero-order valence-corrected chi connectivity index (χ0v) is 11.6. The lowest BCUT2D eigenvalue weighted by atomic mass is 10.1. The molecule has 2 N–H and O–H groups in total. The molecule has 1 aliphatic heterocycles. The summed E-state index contributed by atoms with van der Waals surface area (Å²) in [5.74, 6) is -0.752. The summed E-state index contributed by atoms with van der Waals surface area (Å²) in [4.78, 5) is 23.8. The average Bonchev–Trinajstić information content (AvgIpc) is 2.49. The minimum Gasteiger partial charge on any atom is -0.465 e. The van der Waals surface area contributed by atoms with Gasteiger partial charge in [0, 0.05) is 13.1 Å². The summed E-state index contributed by atoms with van der Waals surface area (Å²) in [6.07, 6.45) is -0.546. The van der Waals surface area contributed by atoms with Crippen LogP contribution in [0.15, 0.2) is 18.2 Å². The monoisotopic (exact) mass is 278 g/mol. The highest BCUT2D eigenvalue weighted by Crippen LogP contribution is 2.19. The first-order valence-electron chi connectivity index (χ1n) is 6.44. The van der Waals surface area contributed by atoms with Gasteiger partial charge in [0.15, 0.2) is 0 Å². The van der Waals surface area contributed by atoms with Crippen LogP contribution in [0.3, 0.4) is 0 Å². The van der Waals surface area contributed by atoms with E-state index in [4.69, 9.17) is 9.47 Å². The first-order chi connectivity index (χ1) is 9.61. The van der Waals surface area contributed by atoms with Crippen LogP contribution in [0.4, 0.5) is 5.69 Å². The molecule has 20 heavy (non-hydrogen) atoms. The first-order valence-corrected chi connectivity index (χ1v) is 6.44. The number of carbonyl (C=O) groups is 2. The fourth-order valence-corrected chi connectivity index (χ4v) is 1.99. The third-order valence-corrected chi connectivity index (χ3v) is 3.06. The number of benzene rings is 1. The molecule has 1 fully saturated rings. The number of morpholine rings is 1. The molecule has 0 spiro atoms. The van der Waals surface area contributed by atoms with E-state index in [1.807, 2.05) is 13.0 Å². The summed E-state index contributed by atoms with van der Waals surface area (Å²) in [5.41, 5.74) is 1.69. The molecule has 6 nitrogen and oxygen atoms in total. The molecule has 1 aliphatic rings. The molecule has 1 aromatic carbocycles. The van der Waals surface area contributed by atoms with E-state index in [2.05, 4.69) is 10.6 Å². The van der Waals surface area contributed by atoms with E-state index in [1.165, 1.54) is 7.11 Å². The maximum atomic E-state index is 12.1. The Balaban J connectivity index is 2.15. The molecule has 6 heteroatoms. The lowest BCUT2D eigenvalue weighted by Gasteiger charge is -2.23. The number of hydrogen-bond acceptors (Lipinski definition) is 5. The number of ether oxygens (including phenoxy) is 2. The zero-order valence-electron chi connectivity index (χ0n) is 11.6. The van der Waals surface area contributed by atoms with Crippen molar-refractivity contribution in [2.75, 3.05) is 32.1 Å². The zero-order chi connectivity index (χ0) is 14.5. The normalized spacial score (nSPS) is 18.4. The second kappa shape index (κ2) is 6.49. The summed E-state index contributed by atoms with van der Waals surface area (Å²) in [5, 5.41) is 5.80. The van der Waals surface area contributed by atoms with Crippen molar-refractivity contribution in [1.29, 1.82) is 0 Å². The molecular weight excluding hydrogens is 260 g/mol. The van der Waals surface area contributed by atoms with Gasteiger partial charge in [0.1, 0.15) is 6.10 Å². The Morgan fingerprint density at radius 3 is 2.90 bits per heavy atom. The number of nitrogens with one attached hydrogen (secondary N) is 2. The molecule has 2 rings (SSSR count). The molecule has 1 heterocycles. The fourth-order valence-electron chi connectivity index (χ4n) is 1.99. The molecular formula is C14H18N2O4. The lowest BCUT2D eigenvalue weighted by molar-refractivity contribution is -0.128. The predicted octanol–water partition coefficient (Wildman–Crippen LogP) is 0.709. The quantitative estimate of drug-likeness (QED) is 0.796.